The van der Waals surface area contributed by atoms with E-state index in [0.717, 1.165) is 0 Å². The summed E-state index contributed by atoms with van der Waals surface area (Å²) in [7, 11) is 3.16. The predicted molar refractivity (Wildman–Crippen MR) is 115 cm³/mol. The van der Waals surface area contributed by atoms with E-state index in [9.17, 15) is 4.39 Å². The van der Waals surface area contributed by atoms with Crippen molar-refractivity contribution < 1.29 is 13.9 Å². The molecule has 0 unspecified atom stereocenters. The Balaban J connectivity index is 1.83. The number of ether oxygens (including phenoxy) is 2. The quantitative estimate of drug-likeness (QED) is 0.486. The molecule has 0 bridgehead atoms. The third kappa shape index (κ3) is 3.98. The van der Waals surface area contributed by atoms with Crippen LogP contribution in [0.5, 0.6) is 11.5 Å². The molecule has 148 valence electrons. The molecule has 0 spiro atoms. The lowest BCUT2D eigenvalue weighted by Gasteiger charge is -2.11. The van der Waals surface area contributed by atoms with E-state index >= 15 is 0 Å². The van der Waals surface area contributed by atoms with Crippen molar-refractivity contribution >= 4 is 28.4 Å². The zero-order valence-electron chi connectivity index (χ0n) is 16.4. The maximum Gasteiger partial charge on any atom is 0.469 e. The number of hydrogen-bond donors (Lipinski definition) is 1. The van der Waals surface area contributed by atoms with Gasteiger partial charge in [0.2, 0.25) is 11.3 Å². The Hall–Kier alpha value is -4.18. The molecular weight excluding hydrogens is 383 g/mol. The molecule has 0 saturated carbocycles. The standard InChI is InChI=1S/C23H18FN4O2/c1-29-16-11-12-21(30-2)20(13-16)28-23-22(25-14-15-7-3-4-8-17(15)24)26-18-9-5-6-10-19(18)27-23/h3-13H,1-2H3,(H,27,28)/q+1. The van der Waals surface area contributed by atoms with Crippen molar-refractivity contribution in [3.05, 3.63) is 83.0 Å². The van der Waals surface area contributed by atoms with Crippen LogP contribution in [0.1, 0.15) is 5.56 Å². The van der Waals surface area contributed by atoms with Gasteiger partial charge in [-0.25, -0.2) is 9.37 Å². The van der Waals surface area contributed by atoms with E-state index in [1.807, 2.05) is 24.3 Å². The van der Waals surface area contributed by atoms with Crippen molar-refractivity contribution in [1.82, 2.24) is 9.97 Å². The number of halogens is 1. The Morgan fingerprint density at radius 1 is 0.900 bits per heavy atom. The van der Waals surface area contributed by atoms with E-state index in [4.69, 9.17) is 9.47 Å². The summed E-state index contributed by atoms with van der Waals surface area (Å²) in [4.78, 5) is 13.5. The van der Waals surface area contributed by atoms with Crippen LogP contribution >= 0.6 is 0 Å². The van der Waals surface area contributed by atoms with Crippen molar-refractivity contribution in [3.63, 3.8) is 0 Å². The summed E-state index contributed by atoms with van der Waals surface area (Å²) in [6, 6.07) is 21.8. The molecule has 0 atom stereocenters. The van der Waals surface area contributed by atoms with E-state index in [1.54, 1.807) is 50.6 Å². The Bertz CT molecular complexity index is 1280. The minimum absolute atomic E-state index is 0.234. The second kappa shape index (κ2) is 8.45. The molecule has 0 aliphatic carbocycles. The van der Waals surface area contributed by atoms with E-state index < -0.39 is 5.82 Å². The number of nitrogens with one attached hydrogen (secondary N) is 1. The molecule has 30 heavy (non-hydrogen) atoms. The van der Waals surface area contributed by atoms with Crippen LogP contribution < -0.4 is 14.8 Å². The van der Waals surface area contributed by atoms with Crippen LogP contribution in [0, 0.1) is 11.9 Å². The fourth-order valence-electron chi connectivity index (χ4n) is 2.86. The number of fused-ring (bicyclic) bond motifs is 1. The molecular formula is C23H18FN4O2+. The van der Waals surface area contributed by atoms with Crippen LogP contribution in [-0.2, 0) is 0 Å². The van der Waals surface area contributed by atoms with E-state index in [0.29, 0.717) is 34.0 Å². The maximum atomic E-state index is 14.0. The smallest absolute Gasteiger partial charge is 0.469 e. The van der Waals surface area contributed by atoms with Crippen molar-refractivity contribution in [3.8, 4) is 17.6 Å². The number of para-hydroxylation sites is 2. The number of nitrogens with zero attached hydrogens (tertiary/aromatic N) is 3. The van der Waals surface area contributed by atoms with Gasteiger partial charge in [-0.1, -0.05) is 24.3 Å². The summed E-state index contributed by atoms with van der Waals surface area (Å²) in [5, 5.41) is 3.20. The molecule has 0 fully saturated rings. The monoisotopic (exact) mass is 401 g/mol. The minimum Gasteiger partial charge on any atom is -0.497 e. The van der Waals surface area contributed by atoms with Gasteiger partial charge in [-0.3, -0.25) is 0 Å². The molecule has 0 amide bonds. The Morgan fingerprint density at radius 2 is 1.63 bits per heavy atom. The van der Waals surface area contributed by atoms with Gasteiger partial charge in [0.15, 0.2) is 6.07 Å². The van der Waals surface area contributed by atoms with Crippen LogP contribution in [0.3, 0.4) is 0 Å². The molecule has 0 saturated heterocycles. The number of methoxy groups -OCH3 is 2. The molecule has 1 heterocycles. The predicted octanol–water partition coefficient (Wildman–Crippen LogP) is 5.54. The lowest BCUT2D eigenvalue weighted by atomic mass is 10.2. The highest BCUT2D eigenvalue weighted by molar-refractivity contribution is 5.83. The highest BCUT2D eigenvalue weighted by atomic mass is 19.1. The largest absolute Gasteiger partial charge is 0.497 e. The van der Waals surface area contributed by atoms with Gasteiger partial charge in [0.05, 0.1) is 19.9 Å². The number of benzene rings is 3. The van der Waals surface area contributed by atoms with Crippen molar-refractivity contribution in [2.75, 3.05) is 19.5 Å². The third-order valence-corrected chi connectivity index (χ3v) is 4.37. The summed E-state index contributed by atoms with van der Waals surface area (Å²) in [6.07, 6.45) is 0. The topological polar surface area (TPSA) is 60.6 Å². The number of hydrogen-bond acceptors (Lipinski definition) is 5. The summed E-state index contributed by atoms with van der Waals surface area (Å²) in [6.45, 7) is 0. The first-order valence-electron chi connectivity index (χ1n) is 9.15. The first-order valence-corrected chi connectivity index (χ1v) is 9.15. The van der Waals surface area contributed by atoms with Gasteiger partial charge in [-0.15, -0.1) is 4.85 Å². The van der Waals surface area contributed by atoms with Crippen molar-refractivity contribution in [1.29, 1.82) is 0 Å². The molecule has 0 aliphatic heterocycles. The number of anilines is 2. The fourth-order valence-corrected chi connectivity index (χ4v) is 2.86. The van der Waals surface area contributed by atoms with Gasteiger partial charge in [0, 0.05) is 6.07 Å². The van der Waals surface area contributed by atoms with Crippen LogP contribution in [0.4, 0.5) is 21.7 Å². The van der Waals surface area contributed by atoms with Gasteiger partial charge in [0.25, 0.3) is 0 Å². The molecule has 4 rings (SSSR count). The van der Waals surface area contributed by atoms with Crippen LogP contribution in [0.2, 0.25) is 0 Å². The average Bonchev–Trinajstić information content (AvgIpc) is 2.78. The zero-order valence-corrected chi connectivity index (χ0v) is 16.4. The normalized spacial score (nSPS) is 10.2. The average molecular weight is 401 g/mol. The molecule has 0 aliphatic rings. The zero-order chi connectivity index (χ0) is 20.9. The van der Waals surface area contributed by atoms with E-state index in [1.165, 1.54) is 6.07 Å². The second-order valence-electron chi connectivity index (χ2n) is 6.28. The first-order chi connectivity index (χ1) is 14.7. The van der Waals surface area contributed by atoms with Gasteiger partial charge in [-0.05, 0) is 41.4 Å². The van der Waals surface area contributed by atoms with Gasteiger partial charge in [0.1, 0.15) is 28.4 Å². The Morgan fingerprint density at radius 3 is 2.37 bits per heavy atom. The second-order valence-corrected chi connectivity index (χ2v) is 6.28. The maximum absolute atomic E-state index is 14.0. The van der Waals surface area contributed by atoms with Gasteiger partial charge < -0.3 is 14.8 Å². The molecule has 1 aromatic heterocycles. The van der Waals surface area contributed by atoms with Crippen molar-refractivity contribution in [2.45, 2.75) is 0 Å². The minimum atomic E-state index is -0.418. The van der Waals surface area contributed by atoms with Gasteiger partial charge in [-0.2, -0.15) is 0 Å². The molecule has 7 heteroatoms. The molecule has 3 aromatic carbocycles. The van der Waals surface area contributed by atoms with Crippen LogP contribution in [0.15, 0.2) is 66.7 Å². The Labute approximate surface area is 172 Å². The summed E-state index contributed by atoms with van der Waals surface area (Å²) < 4.78 is 24.7. The molecule has 0 radical (unpaired) electrons. The highest BCUT2D eigenvalue weighted by Crippen LogP contribution is 2.34. The number of rotatable bonds is 4. The molecule has 1 N–H and O–H groups in total. The molecule has 6 nitrogen and oxygen atoms in total. The highest BCUT2D eigenvalue weighted by Gasteiger charge is 2.20. The summed E-state index contributed by atoms with van der Waals surface area (Å²) in [5.41, 5.74) is 2.21. The van der Waals surface area contributed by atoms with E-state index in [2.05, 4.69) is 26.2 Å². The summed E-state index contributed by atoms with van der Waals surface area (Å²) in [5.74, 6) is 1.47. The van der Waals surface area contributed by atoms with Crippen molar-refractivity contribution in [2.24, 2.45) is 0 Å². The SMILES string of the molecule is COc1ccc(OC)c(Nc2nc3ccccc3nc2[N+]#Cc2ccccc2F)c1. The first kappa shape index (κ1) is 19.2. The van der Waals surface area contributed by atoms with E-state index in [-0.39, 0.29) is 11.4 Å². The molecule has 4 aromatic rings. The lowest BCUT2D eigenvalue weighted by molar-refractivity contribution is 0.405. The number of aromatic nitrogens is 2. The fraction of sp³-hybridized carbons (Fsp3) is 0.0870. The third-order valence-electron chi connectivity index (χ3n) is 4.37. The van der Waals surface area contributed by atoms with Crippen LogP contribution in [0.25, 0.3) is 15.9 Å². The summed E-state index contributed by atoms with van der Waals surface area (Å²) >= 11 is 0. The van der Waals surface area contributed by atoms with Crippen LogP contribution in [-0.4, -0.2) is 24.2 Å². The Kier molecular flexibility index (Phi) is 5.39. The lowest BCUT2D eigenvalue weighted by Crippen LogP contribution is -1.99. The van der Waals surface area contributed by atoms with Gasteiger partial charge >= 0.3 is 5.82 Å².